The molecule has 0 aliphatic rings. The molecule has 0 aliphatic heterocycles. The van der Waals surface area contributed by atoms with Crippen molar-refractivity contribution in [1.82, 2.24) is 19.7 Å². The van der Waals surface area contributed by atoms with Crippen molar-refractivity contribution in [3.05, 3.63) is 48.0 Å². The highest BCUT2D eigenvalue weighted by Crippen LogP contribution is 2.19. The van der Waals surface area contributed by atoms with E-state index in [1.54, 1.807) is 22.9 Å². The zero-order valence-electron chi connectivity index (χ0n) is 9.42. The van der Waals surface area contributed by atoms with E-state index in [9.17, 15) is 4.39 Å². The number of nitrogens with two attached hydrogens (primary N) is 1. The lowest BCUT2D eigenvalue weighted by Gasteiger charge is -2.04. The number of fused-ring (bicyclic) bond motifs is 1. The number of rotatable bonds is 2. The molecule has 0 spiro atoms. The Hall–Kier alpha value is -2.50. The average molecular weight is 243 g/mol. The maximum absolute atomic E-state index is 13.3. The van der Waals surface area contributed by atoms with Gasteiger partial charge in [-0.25, -0.2) is 9.37 Å². The molecule has 0 aliphatic carbocycles. The zero-order chi connectivity index (χ0) is 12.5. The number of hydrogen-bond acceptors (Lipinski definition) is 4. The topological polar surface area (TPSA) is 69.6 Å². The van der Waals surface area contributed by atoms with E-state index in [1.807, 2.05) is 6.07 Å². The smallest absolute Gasteiger partial charge is 0.201 e. The molecular weight excluding hydrogens is 233 g/mol. The van der Waals surface area contributed by atoms with Crippen LogP contribution in [0.15, 0.2) is 36.5 Å². The van der Waals surface area contributed by atoms with E-state index in [0.717, 1.165) is 5.69 Å². The maximum Gasteiger partial charge on any atom is 0.201 e. The summed E-state index contributed by atoms with van der Waals surface area (Å²) < 4.78 is 15.0. The molecule has 1 aromatic carbocycles. The standard InChI is InChI=1S/C12H10FN5/c13-8-3-4-10-11(6-8)18(12(14)16-10)7-9-2-1-5-15-17-9/h1-6H,7H2,(H2,14,16). The highest BCUT2D eigenvalue weighted by atomic mass is 19.1. The first-order valence-corrected chi connectivity index (χ1v) is 5.42. The summed E-state index contributed by atoms with van der Waals surface area (Å²) in [5.74, 6) is 0.0176. The van der Waals surface area contributed by atoms with Crippen LogP contribution in [0.25, 0.3) is 11.0 Å². The molecule has 3 aromatic rings. The van der Waals surface area contributed by atoms with Gasteiger partial charge in [0.1, 0.15) is 5.82 Å². The maximum atomic E-state index is 13.3. The van der Waals surface area contributed by atoms with E-state index >= 15 is 0 Å². The lowest BCUT2D eigenvalue weighted by Crippen LogP contribution is -2.06. The van der Waals surface area contributed by atoms with Crippen LogP contribution in [-0.4, -0.2) is 19.7 Å². The summed E-state index contributed by atoms with van der Waals surface area (Å²) in [5.41, 5.74) is 7.89. The van der Waals surface area contributed by atoms with Crippen LogP contribution < -0.4 is 5.73 Å². The van der Waals surface area contributed by atoms with Gasteiger partial charge >= 0.3 is 0 Å². The number of hydrogen-bond donors (Lipinski definition) is 1. The minimum Gasteiger partial charge on any atom is -0.369 e. The Bertz CT molecular complexity index is 692. The molecule has 18 heavy (non-hydrogen) atoms. The molecule has 90 valence electrons. The van der Waals surface area contributed by atoms with Crippen LogP contribution in [0.2, 0.25) is 0 Å². The van der Waals surface area contributed by atoms with E-state index in [-0.39, 0.29) is 5.82 Å². The van der Waals surface area contributed by atoms with Gasteiger partial charge in [-0.3, -0.25) is 0 Å². The van der Waals surface area contributed by atoms with Crippen molar-refractivity contribution in [2.24, 2.45) is 0 Å². The Balaban J connectivity index is 2.11. The number of anilines is 1. The molecule has 0 saturated carbocycles. The van der Waals surface area contributed by atoms with Gasteiger partial charge in [0.15, 0.2) is 0 Å². The van der Waals surface area contributed by atoms with Crippen LogP contribution in [-0.2, 0) is 6.54 Å². The highest BCUT2D eigenvalue weighted by Gasteiger charge is 2.09. The first-order valence-electron chi connectivity index (χ1n) is 5.42. The van der Waals surface area contributed by atoms with Gasteiger partial charge in [0.2, 0.25) is 5.95 Å². The second-order valence-corrected chi connectivity index (χ2v) is 3.90. The van der Waals surface area contributed by atoms with Gasteiger partial charge in [-0.15, -0.1) is 0 Å². The van der Waals surface area contributed by atoms with Crippen molar-refractivity contribution in [1.29, 1.82) is 0 Å². The van der Waals surface area contributed by atoms with Crippen LogP contribution in [0.5, 0.6) is 0 Å². The number of nitrogens with zero attached hydrogens (tertiary/aromatic N) is 4. The van der Waals surface area contributed by atoms with Gasteiger partial charge in [-0.2, -0.15) is 10.2 Å². The first-order chi connectivity index (χ1) is 8.74. The largest absolute Gasteiger partial charge is 0.369 e. The number of aromatic nitrogens is 4. The third kappa shape index (κ3) is 1.77. The van der Waals surface area contributed by atoms with Crippen LogP contribution in [0.4, 0.5) is 10.3 Å². The van der Waals surface area contributed by atoms with Gasteiger partial charge in [-0.1, -0.05) is 0 Å². The predicted molar refractivity (Wildman–Crippen MR) is 65.2 cm³/mol. The van der Waals surface area contributed by atoms with Gasteiger partial charge in [-0.05, 0) is 30.3 Å². The second-order valence-electron chi connectivity index (χ2n) is 3.90. The van der Waals surface area contributed by atoms with Crippen molar-refractivity contribution in [3.63, 3.8) is 0 Å². The summed E-state index contributed by atoms with van der Waals surface area (Å²) in [6.07, 6.45) is 1.60. The molecule has 0 saturated heterocycles. The molecule has 0 amide bonds. The quantitative estimate of drug-likeness (QED) is 0.742. The molecule has 0 bridgehead atoms. The molecule has 2 aromatic heterocycles. The van der Waals surface area contributed by atoms with Gasteiger partial charge in [0.25, 0.3) is 0 Å². The SMILES string of the molecule is Nc1nc2ccc(F)cc2n1Cc1cccnn1. The van der Waals surface area contributed by atoms with Crippen LogP contribution in [0.3, 0.4) is 0 Å². The fraction of sp³-hybridized carbons (Fsp3) is 0.0833. The Morgan fingerprint density at radius 3 is 2.94 bits per heavy atom. The molecule has 0 radical (unpaired) electrons. The number of benzene rings is 1. The lowest BCUT2D eigenvalue weighted by molar-refractivity contribution is 0.628. The van der Waals surface area contributed by atoms with Crippen molar-refractivity contribution in [2.75, 3.05) is 5.73 Å². The third-order valence-corrected chi connectivity index (χ3v) is 2.69. The summed E-state index contributed by atoms with van der Waals surface area (Å²) in [4.78, 5) is 4.18. The van der Waals surface area contributed by atoms with E-state index in [2.05, 4.69) is 15.2 Å². The molecule has 0 unspecified atom stereocenters. The van der Waals surface area contributed by atoms with Crippen molar-refractivity contribution in [3.8, 4) is 0 Å². The summed E-state index contributed by atoms with van der Waals surface area (Å²) in [7, 11) is 0. The van der Waals surface area contributed by atoms with Crippen LogP contribution in [0, 0.1) is 5.82 Å². The third-order valence-electron chi connectivity index (χ3n) is 2.69. The monoisotopic (exact) mass is 243 g/mol. The minimum atomic E-state index is -0.317. The molecule has 6 heteroatoms. The zero-order valence-corrected chi connectivity index (χ0v) is 9.42. The molecule has 2 N–H and O–H groups in total. The van der Waals surface area contributed by atoms with Crippen molar-refractivity contribution in [2.45, 2.75) is 6.54 Å². The van der Waals surface area contributed by atoms with Gasteiger partial charge in [0, 0.05) is 6.20 Å². The Kier molecular flexibility index (Phi) is 2.40. The van der Waals surface area contributed by atoms with E-state index in [1.165, 1.54) is 12.1 Å². The number of imidazole rings is 1. The summed E-state index contributed by atoms with van der Waals surface area (Å²) in [5, 5.41) is 7.77. The molecular formula is C12H10FN5. The minimum absolute atomic E-state index is 0.317. The number of halogens is 1. The average Bonchev–Trinajstić information content (AvgIpc) is 2.67. The summed E-state index contributed by atoms with van der Waals surface area (Å²) in [6.45, 7) is 0.416. The van der Waals surface area contributed by atoms with Crippen LogP contribution >= 0.6 is 0 Å². The Morgan fingerprint density at radius 2 is 2.17 bits per heavy atom. The predicted octanol–water partition coefficient (Wildman–Crippen LogP) is 1.60. The lowest BCUT2D eigenvalue weighted by atomic mass is 10.3. The Labute approximate surface area is 102 Å². The normalized spacial score (nSPS) is 10.9. The van der Waals surface area contributed by atoms with E-state index in [4.69, 9.17) is 5.73 Å². The first kappa shape index (κ1) is 10.6. The van der Waals surface area contributed by atoms with Crippen molar-refractivity contribution < 1.29 is 4.39 Å². The molecule has 2 heterocycles. The molecule has 5 nitrogen and oxygen atoms in total. The fourth-order valence-electron chi connectivity index (χ4n) is 1.86. The van der Waals surface area contributed by atoms with Gasteiger partial charge in [0.05, 0.1) is 23.3 Å². The summed E-state index contributed by atoms with van der Waals surface area (Å²) >= 11 is 0. The Morgan fingerprint density at radius 1 is 1.28 bits per heavy atom. The highest BCUT2D eigenvalue weighted by molar-refractivity contribution is 5.78. The number of nitrogen functional groups attached to an aromatic ring is 1. The van der Waals surface area contributed by atoms with Gasteiger partial charge < -0.3 is 10.3 Å². The van der Waals surface area contributed by atoms with Crippen molar-refractivity contribution >= 4 is 17.0 Å². The molecule has 3 rings (SSSR count). The van der Waals surface area contributed by atoms with E-state index < -0.39 is 0 Å². The summed E-state index contributed by atoms with van der Waals surface area (Å²) in [6, 6.07) is 8.00. The molecule has 0 fully saturated rings. The fourth-order valence-corrected chi connectivity index (χ4v) is 1.86. The molecule has 0 atom stereocenters. The van der Waals surface area contributed by atoms with Crippen LogP contribution in [0.1, 0.15) is 5.69 Å². The van der Waals surface area contributed by atoms with E-state index in [0.29, 0.717) is 23.5 Å². The second kappa shape index (κ2) is 4.06.